The van der Waals surface area contributed by atoms with Gasteiger partial charge in [-0.25, -0.2) is 17.9 Å². The molecule has 0 radical (unpaired) electrons. The van der Waals surface area contributed by atoms with Crippen LogP contribution in [-0.4, -0.2) is 51.3 Å². The summed E-state index contributed by atoms with van der Waals surface area (Å²) in [6.07, 6.45) is 5.92. The Morgan fingerprint density at radius 1 is 1.19 bits per heavy atom. The van der Waals surface area contributed by atoms with Gasteiger partial charge in [0.2, 0.25) is 10.0 Å². The average molecular weight is 396 g/mol. The van der Waals surface area contributed by atoms with Crippen LogP contribution in [0.4, 0.5) is 4.79 Å². The monoisotopic (exact) mass is 395 g/mol. The molecule has 7 heteroatoms. The first-order chi connectivity index (χ1) is 12.8. The number of hydrogen-bond acceptors (Lipinski definition) is 3. The molecule has 1 fully saturated rings. The summed E-state index contributed by atoms with van der Waals surface area (Å²) in [6, 6.07) is 8.72. The minimum atomic E-state index is -3.12. The van der Waals surface area contributed by atoms with Crippen LogP contribution in [-0.2, 0) is 22.9 Å². The first-order valence-electron chi connectivity index (χ1n) is 9.84. The summed E-state index contributed by atoms with van der Waals surface area (Å²) >= 11 is 0. The van der Waals surface area contributed by atoms with Gasteiger partial charge in [0.05, 0.1) is 6.26 Å². The molecule has 27 heavy (non-hydrogen) atoms. The van der Waals surface area contributed by atoms with Crippen molar-refractivity contribution in [2.45, 2.75) is 52.0 Å². The first-order valence-corrected chi connectivity index (χ1v) is 11.7. The molecular formula is C20H33N3O3S. The minimum Gasteiger partial charge on any atom is -0.336 e. The van der Waals surface area contributed by atoms with Crippen LogP contribution in [0.2, 0.25) is 0 Å². The number of rotatable bonds is 8. The van der Waals surface area contributed by atoms with Crippen LogP contribution < -0.4 is 10.0 Å². The number of sulfonamides is 1. The van der Waals surface area contributed by atoms with Crippen LogP contribution in [0, 0.1) is 5.92 Å². The molecule has 1 aromatic carbocycles. The zero-order chi connectivity index (χ0) is 19.9. The van der Waals surface area contributed by atoms with Crippen molar-refractivity contribution in [1.29, 1.82) is 0 Å². The summed E-state index contributed by atoms with van der Waals surface area (Å²) in [5.74, 6) is 0.607. The minimum absolute atomic E-state index is 0.0647. The zero-order valence-electron chi connectivity index (χ0n) is 16.7. The van der Waals surface area contributed by atoms with Crippen molar-refractivity contribution < 1.29 is 13.2 Å². The van der Waals surface area contributed by atoms with E-state index in [1.165, 1.54) is 11.8 Å². The van der Waals surface area contributed by atoms with E-state index >= 15 is 0 Å². The van der Waals surface area contributed by atoms with Crippen LogP contribution >= 0.6 is 0 Å². The number of amides is 2. The Kier molecular flexibility index (Phi) is 8.10. The standard InChI is InChI=1S/C20H33N3O3S/c1-4-16(2)22-20(24)23-13-10-19(11-14-23)15-18-7-5-17(6-8-18)9-12-21-27(3,25)26/h5-8,16,19,21H,4,9-15H2,1-3H3,(H,22,24). The van der Waals surface area contributed by atoms with Crippen LogP contribution in [0.25, 0.3) is 0 Å². The van der Waals surface area contributed by atoms with Gasteiger partial charge in [0, 0.05) is 25.7 Å². The van der Waals surface area contributed by atoms with Gasteiger partial charge >= 0.3 is 6.03 Å². The summed E-state index contributed by atoms with van der Waals surface area (Å²) < 4.78 is 24.7. The molecule has 1 aliphatic rings. The highest BCUT2D eigenvalue weighted by Gasteiger charge is 2.23. The average Bonchev–Trinajstić information content (AvgIpc) is 2.62. The first kappa shape index (κ1) is 21.7. The SMILES string of the molecule is CCC(C)NC(=O)N1CCC(Cc2ccc(CCNS(C)(=O)=O)cc2)CC1. The molecular weight excluding hydrogens is 362 g/mol. The molecule has 1 unspecified atom stereocenters. The second kappa shape index (κ2) is 10.1. The normalized spacial score (nSPS) is 16.9. The molecule has 1 saturated heterocycles. The maximum absolute atomic E-state index is 12.2. The second-order valence-corrected chi connectivity index (χ2v) is 9.46. The fourth-order valence-electron chi connectivity index (χ4n) is 3.30. The summed E-state index contributed by atoms with van der Waals surface area (Å²) in [6.45, 7) is 6.18. The topological polar surface area (TPSA) is 78.5 Å². The van der Waals surface area contributed by atoms with Crippen molar-refractivity contribution >= 4 is 16.1 Å². The third-order valence-corrected chi connectivity index (χ3v) is 5.94. The number of urea groups is 1. The Labute approximate surface area is 163 Å². The molecule has 2 N–H and O–H groups in total. The molecule has 0 bridgehead atoms. The number of piperidine rings is 1. The number of carbonyl (C=O) groups excluding carboxylic acids is 1. The van der Waals surface area contributed by atoms with E-state index in [9.17, 15) is 13.2 Å². The summed E-state index contributed by atoms with van der Waals surface area (Å²) in [7, 11) is -3.12. The van der Waals surface area contributed by atoms with E-state index in [2.05, 4.69) is 41.2 Å². The Morgan fingerprint density at radius 3 is 2.33 bits per heavy atom. The molecule has 1 aromatic rings. The van der Waals surface area contributed by atoms with Crippen LogP contribution in [0.3, 0.4) is 0 Å². The number of benzene rings is 1. The Morgan fingerprint density at radius 2 is 1.78 bits per heavy atom. The zero-order valence-corrected chi connectivity index (χ0v) is 17.5. The van der Waals surface area contributed by atoms with Gasteiger partial charge in [-0.15, -0.1) is 0 Å². The molecule has 152 valence electrons. The van der Waals surface area contributed by atoms with Gasteiger partial charge in [0.15, 0.2) is 0 Å². The second-order valence-electron chi connectivity index (χ2n) is 7.63. The highest BCUT2D eigenvalue weighted by Crippen LogP contribution is 2.22. The van der Waals surface area contributed by atoms with Gasteiger partial charge in [0.25, 0.3) is 0 Å². The quantitative estimate of drug-likeness (QED) is 0.710. The highest BCUT2D eigenvalue weighted by atomic mass is 32.2. The smallest absolute Gasteiger partial charge is 0.317 e. The van der Waals surface area contributed by atoms with Crippen molar-refractivity contribution in [3.63, 3.8) is 0 Å². The number of nitrogens with one attached hydrogen (secondary N) is 2. The van der Waals surface area contributed by atoms with Gasteiger partial charge in [0.1, 0.15) is 0 Å². The molecule has 1 atom stereocenters. The van der Waals surface area contributed by atoms with Gasteiger partial charge in [-0.05, 0) is 56.1 Å². The Balaban J connectivity index is 1.74. The van der Waals surface area contributed by atoms with Crippen molar-refractivity contribution in [3.8, 4) is 0 Å². The number of hydrogen-bond donors (Lipinski definition) is 2. The third-order valence-electron chi connectivity index (χ3n) is 5.21. The van der Waals surface area contributed by atoms with Crippen LogP contribution in [0.1, 0.15) is 44.2 Å². The van der Waals surface area contributed by atoms with Gasteiger partial charge in [-0.2, -0.15) is 0 Å². The molecule has 1 heterocycles. The lowest BCUT2D eigenvalue weighted by Gasteiger charge is -2.33. The molecule has 0 aliphatic carbocycles. The van der Waals surface area contributed by atoms with Crippen molar-refractivity contribution in [2.75, 3.05) is 25.9 Å². The Bertz CT molecular complexity index is 696. The van der Waals surface area contributed by atoms with Crippen molar-refractivity contribution in [2.24, 2.45) is 5.92 Å². The van der Waals surface area contributed by atoms with E-state index in [1.807, 2.05) is 11.8 Å². The molecule has 2 rings (SSSR count). The number of carbonyl (C=O) groups is 1. The predicted octanol–water partition coefficient (Wildman–Crippen LogP) is 2.54. The molecule has 0 saturated carbocycles. The van der Waals surface area contributed by atoms with E-state index in [4.69, 9.17) is 0 Å². The molecule has 1 aliphatic heterocycles. The molecule has 2 amide bonds. The van der Waals surface area contributed by atoms with E-state index in [-0.39, 0.29) is 12.1 Å². The predicted molar refractivity (Wildman–Crippen MR) is 109 cm³/mol. The number of nitrogens with zero attached hydrogens (tertiary/aromatic N) is 1. The summed E-state index contributed by atoms with van der Waals surface area (Å²) in [5.41, 5.74) is 2.43. The molecule has 6 nitrogen and oxygen atoms in total. The van der Waals surface area contributed by atoms with Crippen molar-refractivity contribution in [3.05, 3.63) is 35.4 Å². The van der Waals surface area contributed by atoms with Crippen molar-refractivity contribution in [1.82, 2.24) is 14.9 Å². The van der Waals surface area contributed by atoms with Gasteiger partial charge in [-0.3, -0.25) is 0 Å². The van der Waals surface area contributed by atoms with E-state index in [0.717, 1.165) is 44.3 Å². The largest absolute Gasteiger partial charge is 0.336 e. The van der Waals surface area contributed by atoms with Gasteiger partial charge in [-0.1, -0.05) is 31.2 Å². The lowest BCUT2D eigenvalue weighted by atomic mass is 9.90. The maximum Gasteiger partial charge on any atom is 0.317 e. The van der Waals surface area contributed by atoms with Crippen LogP contribution in [0.15, 0.2) is 24.3 Å². The third kappa shape index (κ3) is 7.89. The maximum atomic E-state index is 12.2. The van der Waals surface area contributed by atoms with E-state index < -0.39 is 10.0 Å². The van der Waals surface area contributed by atoms with Crippen LogP contribution in [0.5, 0.6) is 0 Å². The summed E-state index contributed by atoms with van der Waals surface area (Å²) in [4.78, 5) is 14.1. The number of likely N-dealkylation sites (tertiary alicyclic amines) is 1. The fraction of sp³-hybridized carbons (Fsp3) is 0.650. The molecule has 0 aromatic heterocycles. The molecule has 0 spiro atoms. The lowest BCUT2D eigenvalue weighted by Crippen LogP contribution is -2.47. The summed E-state index contributed by atoms with van der Waals surface area (Å²) in [5, 5.41) is 3.04. The van der Waals surface area contributed by atoms with Gasteiger partial charge < -0.3 is 10.2 Å². The fourth-order valence-corrected chi connectivity index (χ4v) is 3.77. The van der Waals surface area contributed by atoms with E-state index in [1.54, 1.807) is 0 Å². The Hall–Kier alpha value is -1.60. The highest BCUT2D eigenvalue weighted by molar-refractivity contribution is 7.88. The van der Waals surface area contributed by atoms with E-state index in [0.29, 0.717) is 18.9 Å². The lowest BCUT2D eigenvalue weighted by molar-refractivity contribution is 0.167.